The minimum absolute atomic E-state index is 0.0726. The number of benzene rings is 1. The van der Waals surface area contributed by atoms with E-state index in [0.717, 1.165) is 45.6 Å². The number of carbonyl (C=O) groups excluding carboxylic acids is 1. The highest BCUT2D eigenvalue weighted by molar-refractivity contribution is 5.75. The van der Waals surface area contributed by atoms with Crippen LogP contribution in [0.1, 0.15) is 31.2 Å². The lowest BCUT2D eigenvalue weighted by molar-refractivity contribution is 0.0995. The van der Waals surface area contributed by atoms with Crippen molar-refractivity contribution in [2.45, 2.75) is 31.2 Å². The fourth-order valence-corrected chi connectivity index (χ4v) is 3.97. The van der Waals surface area contributed by atoms with Gasteiger partial charge in [-0.1, -0.05) is 55.3 Å². The Hall–Kier alpha value is -1.85. The molecule has 1 aliphatic carbocycles. The molecule has 1 aliphatic heterocycles. The maximum atomic E-state index is 12.7. The van der Waals surface area contributed by atoms with Crippen LogP contribution in [0.5, 0.6) is 0 Å². The first-order valence-electron chi connectivity index (χ1n) is 9.71. The maximum absolute atomic E-state index is 12.7. The van der Waals surface area contributed by atoms with E-state index in [4.69, 9.17) is 4.74 Å². The first-order chi connectivity index (χ1) is 12.7. The van der Waals surface area contributed by atoms with E-state index in [9.17, 15) is 4.79 Å². The highest BCUT2D eigenvalue weighted by Gasteiger charge is 2.36. The lowest BCUT2D eigenvalue weighted by Gasteiger charge is -2.37. The van der Waals surface area contributed by atoms with E-state index in [0.29, 0.717) is 6.61 Å². The van der Waals surface area contributed by atoms with E-state index in [-0.39, 0.29) is 11.6 Å². The molecule has 5 nitrogen and oxygen atoms in total. The van der Waals surface area contributed by atoms with Crippen molar-refractivity contribution in [1.82, 2.24) is 15.1 Å². The Morgan fingerprint density at radius 2 is 1.85 bits per heavy atom. The molecule has 2 fully saturated rings. The summed E-state index contributed by atoms with van der Waals surface area (Å²) in [5.41, 5.74) is 1.08. The number of carbonyl (C=O) groups is 1. The van der Waals surface area contributed by atoms with E-state index < -0.39 is 0 Å². The average Bonchev–Trinajstić information content (AvgIpc) is 3.11. The topological polar surface area (TPSA) is 44.8 Å². The molecule has 2 aliphatic rings. The van der Waals surface area contributed by atoms with Crippen LogP contribution < -0.4 is 5.32 Å². The number of ether oxygens (including phenoxy) is 1. The predicted molar refractivity (Wildman–Crippen MR) is 105 cm³/mol. The number of nitrogens with zero attached hydrogens (tertiary/aromatic N) is 2. The summed E-state index contributed by atoms with van der Waals surface area (Å²) in [6.45, 7) is 4.96. The average molecular weight is 357 g/mol. The summed E-state index contributed by atoms with van der Waals surface area (Å²) in [6, 6.07) is 10.4. The second-order valence-electron chi connectivity index (χ2n) is 7.45. The molecule has 1 saturated heterocycles. The molecule has 26 heavy (non-hydrogen) atoms. The molecule has 1 aromatic carbocycles. The highest BCUT2D eigenvalue weighted by atomic mass is 16.5. The van der Waals surface area contributed by atoms with Gasteiger partial charge in [0.1, 0.15) is 0 Å². The smallest absolute Gasteiger partial charge is 0.317 e. The molecule has 5 heteroatoms. The lowest BCUT2D eigenvalue weighted by atomic mass is 9.99. The molecule has 0 atom stereocenters. The Morgan fingerprint density at radius 3 is 2.50 bits per heavy atom. The second kappa shape index (κ2) is 9.19. The normalized spacial score (nSPS) is 20.6. The van der Waals surface area contributed by atoms with E-state index >= 15 is 0 Å². The first kappa shape index (κ1) is 18.9. The standard InChI is InChI=1S/C21H31N3O2/c1-26-18-21(11-5-6-12-21)22-20(25)24-16-14-23(15-17-24)13-7-10-19-8-3-2-4-9-19/h2-4,7-10H,5-6,11-18H2,1H3,(H,22,25)/b10-7+. The maximum Gasteiger partial charge on any atom is 0.317 e. The van der Waals surface area contributed by atoms with Crippen molar-refractivity contribution in [2.24, 2.45) is 0 Å². The number of hydrogen-bond donors (Lipinski definition) is 1. The molecule has 3 rings (SSSR count). The second-order valence-corrected chi connectivity index (χ2v) is 7.45. The molecular weight excluding hydrogens is 326 g/mol. The van der Waals surface area contributed by atoms with Gasteiger partial charge in [-0.25, -0.2) is 4.79 Å². The van der Waals surface area contributed by atoms with Crippen LogP contribution in [0.2, 0.25) is 0 Å². The molecule has 1 heterocycles. The zero-order chi connectivity index (χ0) is 18.2. The summed E-state index contributed by atoms with van der Waals surface area (Å²) >= 11 is 0. The number of hydrogen-bond acceptors (Lipinski definition) is 3. The molecule has 0 unspecified atom stereocenters. The number of methoxy groups -OCH3 is 1. The molecule has 0 aromatic heterocycles. The predicted octanol–water partition coefficient (Wildman–Crippen LogP) is 2.99. The van der Waals surface area contributed by atoms with Gasteiger partial charge in [0, 0.05) is 39.8 Å². The van der Waals surface area contributed by atoms with Crippen molar-refractivity contribution < 1.29 is 9.53 Å². The largest absolute Gasteiger partial charge is 0.382 e. The van der Waals surface area contributed by atoms with Crippen molar-refractivity contribution in [1.29, 1.82) is 0 Å². The fourth-order valence-electron chi connectivity index (χ4n) is 3.97. The SMILES string of the molecule is COCC1(NC(=O)N2CCN(C/C=C/c3ccccc3)CC2)CCCC1. The number of rotatable bonds is 6. The minimum Gasteiger partial charge on any atom is -0.382 e. The van der Waals surface area contributed by atoms with Crippen LogP contribution in [0.25, 0.3) is 6.08 Å². The summed E-state index contributed by atoms with van der Waals surface area (Å²) in [7, 11) is 1.72. The number of piperazine rings is 1. The molecule has 0 bridgehead atoms. The molecule has 1 N–H and O–H groups in total. The van der Waals surface area contributed by atoms with Crippen LogP contribution in [0.3, 0.4) is 0 Å². The van der Waals surface area contributed by atoms with Crippen LogP contribution in [-0.2, 0) is 4.74 Å². The van der Waals surface area contributed by atoms with Gasteiger partial charge >= 0.3 is 6.03 Å². The first-order valence-corrected chi connectivity index (χ1v) is 9.71. The third-order valence-corrected chi connectivity index (χ3v) is 5.49. The van der Waals surface area contributed by atoms with Crippen molar-refractivity contribution in [2.75, 3.05) is 46.4 Å². The molecule has 1 aromatic rings. The van der Waals surface area contributed by atoms with E-state index in [1.165, 1.54) is 18.4 Å². The summed E-state index contributed by atoms with van der Waals surface area (Å²) in [5.74, 6) is 0. The Labute approximate surface area is 157 Å². The van der Waals surface area contributed by atoms with E-state index in [1.807, 2.05) is 11.0 Å². The third-order valence-electron chi connectivity index (χ3n) is 5.49. The van der Waals surface area contributed by atoms with Crippen molar-refractivity contribution in [3.8, 4) is 0 Å². The Morgan fingerprint density at radius 1 is 1.15 bits per heavy atom. The molecule has 1 saturated carbocycles. The van der Waals surface area contributed by atoms with Gasteiger partial charge in [0.2, 0.25) is 0 Å². The van der Waals surface area contributed by atoms with E-state index in [1.54, 1.807) is 7.11 Å². The quantitative estimate of drug-likeness (QED) is 0.851. The third kappa shape index (κ3) is 5.08. The summed E-state index contributed by atoms with van der Waals surface area (Å²) in [4.78, 5) is 17.0. The number of urea groups is 1. The highest BCUT2D eigenvalue weighted by Crippen LogP contribution is 2.30. The van der Waals surface area contributed by atoms with Gasteiger partial charge in [-0.05, 0) is 18.4 Å². The van der Waals surface area contributed by atoms with Crippen LogP contribution in [0.4, 0.5) is 4.79 Å². The summed E-state index contributed by atoms with van der Waals surface area (Å²) in [5, 5.41) is 3.27. The van der Waals surface area contributed by atoms with Gasteiger partial charge in [0.05, 0.1) is 12.1 Å². The zero-order valence-electron chi connectivity index (χ0n) is 15.8. The van der Waals surface area contributed by atoms with E-state index in [2.05, 4.69) is 46.6 Å². The van der Waals surface area contributed by atoms with Crippen LogP contribution in [0.15, 0.2) is 36.4 Å². The lowest BCUT2D eigenvalue weighted by Crippen LogP contribution is -2.58. The van der Waals surface area contributed by atoms with Gasteiger partial charge in [-0.3, -0.25) is 4.90 Å². The van der Waals surface area contributed by atoms with Gasteiger partial charge < -0.3 is 15.0 Å². The van der Waals surface area contributed by atoms with Crippen molar-refractivity contribution >= 4 is 12.1 Å². The van der Waals surface area contributed by atoms with Gasteiger partial charge in [-0.15, -0.1) is 0 Å². The Kier molecular flexibility index (Phi) is 6.69. The van der Waals surface area contributed by atoms with Crippen molar-refractivity contribution in [3.05, 3.63) is 42.0 Å². The number of nitrogens with one attached hydrogen (secondary N) is 1. The van der Waals surface area contributed by atoms with Crippen LogP contribution in [-0.4, -0.2) is 67.8 Å². The number of amides is 2. The minimum atomic E-state index is -0.151. The van der Waals surface area contributed by atoms with Gasteiger partial charge in [0.15, 0.2) is 0 Å². The van der Waals surface area contributed by atoms with Gasteiger partial charge in [-0.2, -0.15) is 0 Å². The zero-order valence-corrected chi connectivity index (χ0v) is 15.8. The molecule has 2 amide bonds. The monoisotopic (exact) mass is 357 g/mol. The Balaban J connectivity index is 1.43. The molecule has 0 radical (unpaired) electrons. The molecule has 0 spiro atoms. The Bertz CT molecular complexity index is 589. The van der Waals surface area contributed by atoms with Crippen LogP contribution in [0, 0.1) is 0 Å². The molecular formula is C21H31N3O2. The van der Waals surface area contributed by atoms with Crippen molar-refractivity contribution in [3.63, 3.8) is 0 Å². The summed E-state index contributed by atoms with van der Waals surface area (Å²) < 4.78 is 5.37. The van der Waals surface area contributed by atoms with Gasteiger partial charge in [0.25, 0.3) is 0 Å². The molecule has 142 valence electrons. The fraction of sp³-hybridized carbons (Fsp3) is 0.571. The summed E-state index contributed by atoms with van der Waals surface area (Å²) in [6.07, 6.45) is 8.76. The van der Waals surface area contributed by atoms with Crippen LogP contribution >= 0.6 is 0 Å².